The van der Waals surface area contributed by atoms with Crippen molar-refractivity contribution in [3.63, 3.8) is 0 Å². The molecule has 0 N–H and O–H groups in total. The Morgan fingerprint density at radius 1 is 1.26 bits per heavy atom. The van der Waals surface area contributed by atoms with Crippen molar-refractivity contribution >= 4 is 23.5 Å². The average Bonchev–Trinajstić information content (AvgIpc) is 3.49. The first-order valence-electron chi connectivity index (χ1n) is 10.1. The Morgan fingerprint density at radius 3 is 2.84 bits per heavy atom. The highest BCUT2D eigenvalue weighted by molar-refractivity contribution is 7.07. The summed E-state index contributed by atoms with van der Waals surface area (Å²) in [5.74, 6) is -1.84. The number of fused-ring (bicyclic) bond motifs is 1. The summed E-state index contributed by atoms with van der Waals surface area (Å²) in [7, 11) is 0. The number of rotatable bonds is 4. The van der Waals surface area contributed by atoms with Crippen LogP contribution in [0.5, 0.6) is 0 Å². The van der Waals surface area contributed by atoms with Gasteiger partial charge in [-0.1, -0.05) is 10.6 Å². The van der Waals surface area contributed by atoms with E-state index >= 15 is 0 Å². The highest BCUT2D eigenvalue weighted by Crippen LogP contribution is 2.33. The van der Waals surface area contributed by atoms with E-state index in [1.54, 1.807) is 22.8 Å². The Hall–Kier alpha value is -2.66. The summed E-state index contributed by atoms with van der Waals surface area (Å²) >= 11 is 1.08. The van der Waals surface area contributed by atoms with Crippen LogP contribution in [0.3, 0.4) is 0 Å². The van der Waals surface area contributed by atoms with Gasteiger partial charge in [-0.05, 0) is 42.6 Å². The predicted octanol–water partition coefficient (Wildman–Crippen LogP) is 2.04. The van der Waals surface area contributed by atoms with Crippen LogP contribution in [0.1, 0.15) is 27.3 Å². The number of aromatic nitrogens is 2. The maximum absolute atomic E-state index is 13.5. The molecule has 2 aromatic rings. The fourth-order valence-corrected chi connectivity index (χ4v) is 5.34. The lowest BCUT2D eigenvalue weighted by molar-refractivity contribution is 0.0776. The molecule has 1 aromatic heterocycles. The molecule has 3 aliphatic heterocycles. The zero-order valence-electron chi connectivity index (χ0n) is 16.8. The summed E-state index contributed by atoms with van der Waals surface area (Å²) in [5, 5.41) is 3.90. The molecule has 3 fully saturated rings. The van der Waals surface area contributed by atoms with Gasteiger partial charge in [0.1, 0.15) is 11.0 Å². The lowest BCUT2D eigenvalue weighted by atomic mass is 10.1. The van der Waals surface area contributed by atoms with Crippen LogP contribution < -0.4 is 0 Å². The maximum atomic E-state index is 13.5. The van der Waals surface area contributed by atoms with E-state index in [2.05, 4.69) is 14.5 Å². The van der Waals surface area contributed by atoms with Gasteiger partial charge in [-0.2, -0.15) is 0 Å². The molecule has 3 aliphatic rings. The van der Waals surface area contributed by atoms with Crippen molar-refractivity contribution in [3.8, 4) is 0 Å². The summed E-state index contributed by atoms with van der Waals surface area (Å²) in [4.78, 5) is 31.4. The van der Waals surface area contributed by atoms with E-state index < -0.39 is 11.6 Å². The first-order valence-corrected chi connectivity index (χ1v) is 10.9. The molecule has 164 valence electrons. The third-order valence-electron chi connectivity index (χ3n) is 6.21. The molecule has 3 atom stereocenters. The number of aryl methyl sites for hydroxylation is 1. The van der Waals surface area contributed by atoms with Crippen molar-refractivity contribution in [2.75, 3.05) is 26.2 Å². The van der Waals surface area contributed by atoms with Gasteiger partial charge in [0.05, 0.1) is 17.8 Å². The summed E-state index contributed by atoms with van der Waals surface area (Å²) < 4.78 is 36.1. The van der Waals surface area contributed by atoms with Gasteiger partial charge in [0, 0.05) is 32.7 Å². The molecule has 0 aliphatic carbocycles. The highest BCUT2D eigenvalue weighted by Gasteiger charge is 2.51. The second-order valence-corrected chi connectivity index (χ2v) is 8.97. The molecule has 4 heterocycles. The molecule has 8 nitrogen and oxygen atoms in total. The summed E-state index contributed by atoms with van der Waals surface area (Å²) in [5.41, 5.74) is 1.28. The van der Waals surface area contributed by atoms with Crippen molar-refractivity contribution < 1.29 is 23.1 Å². The number of hydrogen-bond donors (Lipinski definition) is 0. The van der Waals surface area contributed by atoms with Crippen LogP contribution in [0.25, 0.3) is 0 Å². The van der Waals surface area contributed by atoms with Gasteiger partial charge in [-0.15, -0.1) is 5.10 Å². The first kappa shape index (κ1) is 20.3. The van der Waals surface area contributed by atoms with Crippen molar-refractivity contribution in [3.05, 3.63) is 46.0 Å². The lowest BCUT2D eigenvalue weighted by Gasteiger charge is -2.28. The molecular weight excluding hydrogens is 428 g/mol. The standard InChI is InChI=1S/C20H21F2N5O3S/c1-11-18(31-24-23-11)19(28)26-5-4-13(8-26)27-16-9-25(10-17(16)30-20(27)29)7-12-2-3-14(21)15(22)6-12/h2-3,6,13,16-17H,4-5,7-10H2,1H3/t13?,16-,17+/m1/s1. The van der Waals surface area contributed by atoms with Crippen LogP contribution in [0, 0.1) is 18.6 Å². The second-order valence-electron chi connectivity index (χ2n) is 8.22. The van der Waals surface area contributed by atoms with E-state index in [0.717, 1.165) is 17.6 Å². The third kappa shape index (κ3) is 3.65. The number of carbonyl (C=O) groups is 2. The Morgan fingerprint density at radius 2 is 2.10 bits per heavy atom. The van der Waals surface area contributed by atoms with Crippen LogP contribution >= 0.6 is 11.5 Å². The van der Waals surface area contributed by atoms with Crippen LogP contribution in [-0.4, -0.2) is 80.7 Å². The van der Waals surface area contributed by atoms with Gasteiger partial charge in [0.15, 0.2) is 11.6 Å². The molecule has 5 rings (SSSR count). The number of hydrogen-bond acceptors (Lipinski definition) is 7. The van der Waals surface area contributed by atoms with Crippen molar-refractivity contribution in [2.24, 2.45) is 0 Å². The number of carbonyl (C=O) groups excluding carboxylic acids is 2. The SMILES string of the molecule is Cc1nnsc1C(=O)N1CCC(N2C(=O)O[C@H]3CN(Cc4ccc(F)c(F)c4)C[C@H]32)C1. The van der Waals surface area contributed by atoms with Gasteiger partial charge in [-0.3, -0.25) is 14.6 Å². The number of halogens is 2. The zero-order valence-corrected chi connectivity index (χ0v) is 17.6. The van der Waals surface area contributed by atoms with Crippen molar-refractivity contribution in [2.45, 2.75) is 38.1 Å². The summed E-state index contributed by atoms with van der Waals surface area (Å²) in [6.45, 7) is 4.32. The van der Waals surface area contributed by atoms with E-state index in [1.165, 1.54) is 6.07 Å². The van der Waals surface area contributed by atoms with Crippen LogP contribution in [-0.2, 0) is 11.3 Å². The molecular formula is C20H21F2N5O3S. The average molecular weight is 449 g/mol. The van der Waals surface area contributed by atoms with Gasteiger partial charge < -0.3 is 9.64 Å². The highest BCUT2D eigenvalue weighted by atomic mass is 32.1. The van der Waals surface area contributed by atoms with E-state index in [4.69, 9.17) is 4.74 Å². The molecule has 11 heteroatoms. The number of ether oxygens (including phenoxy) is 1. The largest absolute Gasteiger partial charge is 0.442 e. The van der Waals surface area contributed by atoms with Gasteiger partial charge in [0.2, 0.25) is 0 Å². The summed E-state index contributed by atoms with van der Waals surface area (Å²) in [6.07, 6.45) is 0.0614. The van der Waals surface area contributed by atoms with E-state index in [9.17, 15) is 18.4 Å². The Kier molecular flexibility index (Phi) is 5.09. The van der Waals surface area contributed by atoms with E-state index in [0.29, 0.717) is 55.3 Å². The first-order chi connectivity index (χ1) is 14.9. The van der Waals surface area contributed by atoms with Gasteiger partial charge >= 0.3 is 6.09 Å². The molecule has 0 spiro atoms. The second kappa shape index (κ2) is 7.79. The quantitative estimate of drug-likeness (QED) is 0.711. The molecule has 0 bridgehead atoms. The minimum absolute atomic E-state index is 0.106. The predicted molar refractivity (Wildman–Crippen MR) is 106 cm³/mol. The monoisotopic (exact) mass is 449 g/mol. The van der Waals surface area contributed by atoms with E-state index in [-0.39, 0.29) is 30.2 Å². The molecule has 0 radical (unpaired) electrons. The van der Waals surface area contributed by atoms with Crippen molar-refractivity contribution in [1.82, 2.24) is 24.3 Å². The third-order valence-corrected chi connectivity index (χ3v) is 7.03. The number of benzene rings is 1. The van der Waals surface area contributed by atoms with E-state index in [1.807, 2.05) is 0 Å². The Labute approximate surface area is 181 Å². The molecule has 1 aromatic carbocycles. The van der Waals surface area contributed by atoms with Crippen LogP contribution in [0.15, 0.2) is 18.2 Å². The Bertz CT molecular complexity index is 1030. The smallest absolute Gasteiger partial charge is 0.410 e. The normalized spacial score (nSPS) is 25.9. The minimum Gasteiger partial charge on any atom is -0.442 e. The molecule has 0 saturated carbocycles. The van der Waals surface area contributed by atoms with Gasteiger partial charge in [-0.25, -0.2) is 13.6 Å². The fraction of sp³-hybridized carbons (Fsp3) is 0.500. The van der Waals surface area contributed by atoms with Crippen molar-refractivity contribution in [1.29, 1.82) is 0 Å². The van der Waals surface area contributed by atoms with Crippen LogP contribution in [0.4, 0.5) is 13.6 Å². The number of amides is 2. The summed E-state index contributed by atoms with van der Waals surface area (Å²) in [6, 6.07) is 3.65. The van der Waals surface area contributed by atoms with Gasteiger partial charge in [0.25, 0.3) is 5.91 Å². The molecule has 3 saturated heterocycles. The zero-order chi connectivity index (χ0) is 21.7. The Balaban J connectivity index is 1.24. The fourth-order valence-electron chi connectivity index (χ4n) is 4.71. The lowest BCUT2D eigenvalue weighted by Crippen LogP contribution is -2.46. The maximum Gasteiger partial charge on any atom is 0.410 e. The number of nitrogens with zero attached hydrogens (tertiary/aromatic N) is 5. The minimum atomic E-state index is -0.869. The topological polar surface area (TPSA) is 78.9 Å². The van der Waals surface area contributed by atoms with Crippen LogP contribution in [0.2, 0.25) is 0 Å². The molecule has 2 amide bonds. The molecule has 1 unspecified atom stereocenters. The number of likely N-dealkylation sites (tertiary alicyclic amines) is 2. The molecule has 31 heavy (non-hydrogen) atoms.